The Morgan fingerprint density at radius 2 is 2.17 bits per heavy atom. The van der Waals surface area contributed by atoms with Gasteiger partial charge < -0.3 is 16.4 Å². The Morgan fingerprint density at radius 1 is 1.33 bits per heavy atom. The first kappa shape index (κ1) is 12.2. The summed E-state index contributed by atoms with van der Waals surface area (Å²) in [6.45, 7) is 2.75. The summed E-state index contributed by atoms with van der Waals surface area (Å²) in [6.07, 6.45) is 1.72. The van der Waals surface area contributed by atoms with Gasteiger partial charge in [-0.1, -0.05) is 12.1 Å². The van der Waals surface area contributed by atoms with E-state index in [4.69, 9.17) is 5.73 Å². The lowest BCUT2D eigenvalue weighted by atomic mass is 10.1. The van der Waals surface area contributed by atoms with E-state index >= 15 is 0 Å². The smallest absolute Gasteiger partial charge is 0.216 e. The van der Waals surface area contributed by atoms with E-state index in [-0.39, 0.29) is 5.91 Å². The molecule has 1 heterocycles. The summed E-state index contributed by atoms with van der Waals surface area (Å²) in [5.41, 5.74) is 8.30. The molecule has 0 saturated heterocycles. The van der Waals surface area contributed by atoms with Gasteiger partial charge >= 0.3 is 0 Å². The number of anilines is 2. The summed E-state index contributed by atoms with van der Waals surface area (Å²) in [7, 11) is 0. The molecular weight excluding hydrogens is 228 g/mol. The Balaban J connectivity index is 2.13. The monoisotopic (exact) mass is 244 g/mol. The fourth-order valence-corrected chi connectivity index (χ4v) is 1.79. The lowest BCUT2D eigenvalue weighted by Crippen LogP contribution is -2.26. The van der Waals surface area contributed by atoms with E-state index in [1.165, 1.54) is 6.92 Å². The van der Waals surface area contributed by atoms with Crippen molar-refractivity contribution in [1.82, 2.24) is 10.3 Å². The molecule has 0 aliphatic rings. The van der Waals surface area contributed by atoms with Crippen LogP contribution in [0.2, 0.25) is 0 Å². The molecule has 0 bridgehead atoms. The van der Waals surface area contributed by atoms with E-state index in [1.54, 1.807) is 6.20 Å². The van der Waals surface area contributed by atoms with Gasteiger partial charge in [0.05, 0.1) is 11.2 Å². The first-order valence-corrected chi connectivity index (χ1v) is 5.80. The fourth-order valence-electron chi connectivity index (χ4n) is 1.79. The van der Waals surface area contributed by atoms with Crippen molar-refractivity contribution in [3.05, 3.63) is 30.5 Å². The second-order valence-corrected chi connectivity index (χ2v) is 4.01. The number of nitrogens with zero attached hydrogens (tertiary/aromatic N) is 1. The van der Waals surface area contributed by atoms with Crippen LogP contribution in [0.5, 0.6) is 0 Å². The second kappa shape index (κ2) is 5.35. The van der Waals surface area contributed by atoms with Crippen molar-refractivity contribution in [1.29, 1.82) is 0 Å². The Bertz CT molecular complexity index is 568. The van der Waals surface area contributed by atoms with Crippen molar-refractivity contribution < 1.29 is 4.79 Å². The van der Waals surface area contributed by atoms with Crippen LogP contribution in [0.15, 0.2) is 30.5 Å². The van der Waals surface area contributed by atoms with Gasteiger partial charge in [-0.05, 0) is 12.1 Å². The summed E-state index contributed by atoms with van der Waals surface area (Å²) in [6, 6.07) is 7.60. The topological polar surface area (TPSA) is 80.0 Å². The van der Waals surface area contributed by atoms with Gasteiger partial charge in [-0.3, -0.25) is 9.78 Å². The number of rotatable bonds is 4. The van der Waals surface area contributed by atoms with Crippen LogP contribution < -0.4 is 16.4 Å². The van der Waals surface area contributed by atoms with Gasteiger partial charge in [0.2, 0.25) is 5.91 Å². The van der Waals surface area contributed by atoms with Gasteiger partial charge in [0, 0.05) is 37.3 Å². The third-order valence-electron chi connectivity index (χ3n) is 2.62. The van der Waals surface area contributed by atoms with Gasteiger partial charge in [-0.25, -0.2) is 0 Å². The van der Waals surface area contributed by atoms with Crippen molar-refractivity contribution in [3.63, 3.8) is 0 Å². The number of hydrogen-bond acceptors (Lipinski definition) is 4. The predicted octanol–water partition coefficient (Wildman–Crippen LogP) is 1.36. The highest BCUT2D eigenvalue weighted by Crippen LogP contribution is 2.24. The van der Waals surface area contributed by atoms with Gasteiger partial charge in [0.15, 0.2) is 0 Å². The Hall–Kier alpha value is -2.30. The van der Waals surface area contributed by atoms with Crippen LogP contribution >= 0.6 is 0 Å². The molecule has 0 aliphatic heterocycles. The van der Waals surface area contributed by atoms with E-state index in [1.807, 2.05) is 24.3 Å². The molecule has 1 amide bonds. The lowest BCUT2D eigenvalue weighted by molar-refractivity contribution is -0.118. The third kappa shape index (κ3) is 2.68. The Labute approximate surface area is 105 Å². The van der Waals surface area contributed by atoms with Crippen molar-refractivity contribution in [2.45, 2.75) is 6.92 Å². The Morgan fingerprint density at radius 3 is 2.94 bits per heavy atom. The van der Waals surface area contributed by atoms with E-state index in [9.17, 15) is 4.79 Å². The first-order valence-electron chi connectivity index (χ1n) is 5.80. The molecule has 0 fully saturated rings. The molecule has 1 aromatic carbocycles. The number of amides is 1. The molecule has 5 heteroatoms. The Kier molecular flexibility index (Phi) is 3.62. The number of fused-ring (bicyclic) bond motifs is 1. The maximum absolute atomic E-state index is 10.7. The lowest BCUT2D eigenvalue weighted by Gasteiger charge is -2.10. The predicted molar refractivity (Wildman–Crippen MR) is 73.3 cm³/mol. The summed E-state index contributed by atoms with van der Waals surface area (Å²) in [4.78, 5) is 15.0. The van der Waals surface area contributed by atoms with Crippen LogP contribution in [0.3, 0.4) is 0 Å². The molecule has 5 nitrogen and oxygen atoms in total. The minimum Gasteiger partial charge on any atom is -0.397 e. The molecule has 1 aromatic heterocycles. The van der Waals surface area contributed by atoms with E-state index < -0.39 is 0 Å². The minimum atomic E-state index is -0.0272. The van der Waals surface area contributed by atoms with Crippen molar-refractivity contribution in [3.8, 4) is 0 Å². The van der Waals surface area contributed by atoms with Crippen molar-refractivity contribution in [2.24, 2.45) is 0 Å². The van der Waals surface area contributed by atoms with E-state index in [0.717, 1.165) is 16.6 Å². The zero-order valence-corrected chi connectivity index (χ0v) is 10.2. The number of carbonyl (C=O) groups is 1. The molecular formula is C13H16N4O. The molecule has 0 radical (unpaired) electrons. The SMILES string of the molecule is CC(=O)NCCNc1ccnc2c(N)cccc12. The molecule has 0 spiro atoms. The largest absolute Gasteiger partial charge is 0.397 e. The molecule has 2 aromatic rings. The number of para-hydroxylation sites is 1. The standard InChI is InChI=1S/C13H16N4O/c1-9(18)15-7-8-16-12-5-6-17-13-10(12)3-2-4-11(13)14/h2-6H,7-8,14H2,1H3,(H,15,18)(H,16,17). The average molecular weight is 244 g/mol. The molecule has 18 heavy (non-hydrogen) atoms. The molecule has 0 saturated carbocycles. The van der Waals surface area contributed by atoms with E-state index in [2.05, 4.69) is 15.6 Å². The summed E-state index contributed by atoms with van der Waals surface area (Å²) < 4.78 is 0. The van der Waals surface area contributed by atoms with Crippen molar-refractivity contribution >= 4 is 28.2 Å². The van der Waals surface area contributed by atoms with Gasteiger partial charge in [-0.2, -0.15) is 0 Å². The number of nitrogens with two attached hydrogens (primary N) is 1. The summed E-state index contributed by atoms with van der Waals surface area (Å²) in [5, 5.41) is 6.98. The molecule has 0 aliphatic carbocycles. The fraction of sp³-hybridized carbons (Fsp3) is 0.231. The zero-order valence-electron chi connectivity index (χ0n) is 10.2. The number of hydrogen-bond donors (Lipinski definition) is 3. The normalized spacial score (nSPS) is 10.3. The molecule has 4 N–H and O–H groups in total. The number of nitrogens with one attached hydrogen (secondary N) is 2. The maximum Gasteiger partial charge on any atom is 0.216 e. The van der Waals surface area contributed by atoms with Gasteiger partial charge in [0.25, 0.3) is 0 Å². The number of aromatic nitrogens is 1. The zero-order chi connectivity index (χ0) is 13.0. The molecule has 0 atom stereocenters. The van der Waals surface area contributed by atoms with Gasteiger partial charge in [-0.15, -0.1) is 0 Å². The highest BCUT2D eigenvalue weighted by Gasteiger charge is 2.03. The van der Waals surface area contributed by atoms with E-state index in [0.29, 0.717) is 18.8 Å². The summed E-state index contributed by atoms with van der Waals surface area (Å²) >= 11 is 0. The quantitative estimate of drug-likeness (QED) is 0.560. The van der Waals surface area contributed by atoms with Crippen LogP contribution in [-0.4, -0.2) is 24.0 Å². The highest BCUT2D eigenvalue weighted by molar-refractivity contribution is 5.97. The molecule has 94 valence electrons. The number of pyridine rings is 1. The highest BCUT2D eigenvalue weighted by atomic mass is 16.1. The maximum atomic E-state index is 10.7. The first-order chi connectivity index (χ1) is 8.68. The van der Waals surface area contributed by atoms with Crippen LogP contribution in [0.4, 0.5) is 11.4 Å². The number of nitrogen functional groups attached to an aromatic ring is 1. The van der Waals surface area contributed by atoms with Crippen LogP contribution in [0.25, 0.3) is 10.9 Å². The van der Waals surface area contributed by atoms with Crippen molar-refractivity contribution in [2.75, 3.05) is 24.1 Å². The minimum absolute atomic E-state index is 0.0272. The van der Waals surface area contributed by atoms with Crippen LogP contribution in [-0.2, 0) is 4.79 Å². The summed E-state index contributed by atoms with van der Waals surface area (Å²) in [5.74, 6) is -0.0272. The third-order valence-corrected chi connectivity index (χ3v) is 2.62. The molecule has 2 rings (SSSR count). The van der Waals surface area contributed by atoms with Crippen LogP contribution in [0, 0.1) is 0 Å². The van der Waals surface area contributed by atoms with Gasteiger partial charge in [0.1, 0.15) is 0 Å². The second-order valence-electron chi connectivity index (χ2n) is 4.01. The van der Waals surface area contributed by atoms with Crippen LogP contribution in [0.1, 0.15) is 6.92 Å². The number of carbonyl (C=O) groups excluding carboxylic acids is 1. The average Bonchev–Trinajstić information content (AvgIpc) is 2.35. The number of benzene rings is 1. The molecule has 0 unspecified atom stereocenters.